The molecule has 1 aromatic carbocycles. The number of ketones is 1. The number of aromatic nitrogens is 3. The molecule has 0 radical (unpaired) electrons. The van der Waals surface area contributed by atoms with Gasteiger partial charge >= 0.3 is 0 Å². The predicted octanol–water partition coefficient (Wildman–Crippen LogP) is 3.67. The zero-order valence-corrected chi connectivity index (χ0v) is 18.9. The number of nitrogens with zero attached hydrogens (tertiary/aromatic N) is 4. The van der Waals surface area contributed by atoms with E-state index in [0.29, 0.717) is 5.82 Å². The van der Waals surface area contributed by atoms with Crippen molar-refractivity contribution in [1.82, 2.24) is 14.5 Å². The van der Waals surface area contributed by atoms with Gasteiger partial charge in [0.25, 0.3) is 0 Å². The Morgan fingerprint density at radius 3 is 2.58 bits per heavy atom. The molecule has 5 rings (SSSR count). The molecule has 0 N–H and O–H groups in total. The van der Waals surface area contributed by atoms with Crippen molar-refractivity contribution in [2.24, 2.45) is 18.9 Å². The van der Waals surface area contributed by atoms with E-state index in [2.05, 4.69) is 18.2 Å². The van der Waals surface area contributed by atoms with Crippen LogP contribution in [0.1, 0.15) is 36.0 Å². The highest BCUT2D eigenvalue weighted by Gasteiger charge is 2.53. The van der Waals surface area contributed by atoms with Gasteiger partial charge in [-0.3, -0.25) is 9.59 Å². The van der Waals surface area contributed by atoms with Gasteiger partial charge in [0.2, 0.25) is 5.56 Å². The van der Waals surface area contributed by atoms with Crippen molar-refractivity contribution in [3.05, 3.63) is 93.3 Å². The maximum absolute atomic E-state index is 13.0. The molecule has 33 heavy (non-hydrogen) atoms. The lowest BCUT2D eigenvalue weighted by atomic mass is 9.54. The van der Waals surface area contributed by atoms with E-state index >= 15 is 0 Å². The van der Waals surface area contributed by atoms with Crippen LogP contribution >= 0.6 is 0 Å². The topological polar surface area (TPSA) is 88.6 Å². The van der Waals surface area contributed by atoms with Crippen LogP contribution in [0, 0.1) is 30.1 Å². The Kier molecular flexibility index (Phi) is 4.86. The molecular formula is C27H24N4O2. The third kappa shape index (κ3) is 3.07. The van der Waals surface area contributed by atoms with Crippen molar-refractivity contribution < 1.29 is 4.79 Å². The van der Waals surface area contributed by atoms with Gasteiger partial charge in [0.05, 0.1) is 22.4 Å². The molecule has 0 unspecified atom stereocenters. The molecular weight excluding hydrogens is 412 g/mol. The molecule has 2 heterocycles. The quantitative estimate of drug-likeness (QED) is 0.612. The van der Waals surface area contributed by atoms with Crippen LogP contribution in [-0.4, -0.2) is 20.3 Å². The second-order valence-corrected chi connectivity index (χ2v) is 9.02. The lowest BCUT2D eigenvalue weighted by molar-refractivity contribution is -0.121. The summed E-state index contributed by atoms with van der Waals surface area (Å²) in [5.74, 6) is 0.208. The number of rotatable bonds is 2. The van der Waals surface area contributed by atoms with Gasteiger partial charge in [0, 0.05) is 36.4 Å². The summed E-state index contributed by atoms with van der Waals surface area (Å²) in [4.78, 5) is 34.7. The van der Waals surface area contributed by atoms with Crippen molar-refractivity contribution in [3.63, 3.8) is 0 Å². The third-order valence-electron chi connectivity index (χ3n) is 7.19. The lowest BCUT2D eigenvalue weighted by Gasteiger charge is -2.48. The number of hydrogen-bond donors (Lipinski definition) is 0. The first-order valence-electron chi connectivity index (χ1n) is 11.1. The smallest absolute Gasteiger partial charge is 0.250 e. The third-order valence-corrected chi connectivity index (χ3v) is 7.19. The van der Waals surface area contributed by atoms with Gasteiger partial charge in [-0.1, -0.05) is 37.3 Å². The minimum Gasteiger partial charge on any atom is -0.318 e. The van der Waals surface area contributed by atoms with Crippen molar-refractivity contribution in [2.75, 3.05) is 0 Å². The van der Waals surface area contributed by atoms with Gasteiger partial charge in [-0.2, -0.15) is 5.26 Å². The normalized spacial score (nSPS) is 23.8. The van der Waals surface area contributed by atoms with Gasteiger partial charge in [-0.15, -0.1) is 0 Å². The molecule has 2 aliphatic rings. The van der Waals surface area contributed by atoms with Crippen LogP contribution in [0.15, 0.2) is 65.1 Å². The fraction of sp³-hybridized carbons (Fsp3) is 0.296. The molecule has 3 aromatic rings. The molecule has 6 heteroatoms. The summed E-state index contributed by atoms with van der Waals surface area (Å²) in [6.45, 7) is 3.79. The van der Waals surface area contributed by atoms with E-state index in [4.69, 9.17) is 9.97 Å². The van der Waals surface area contributed by atoms with E-state index in [-0.39, 0.29) is 28.8 Å². The first-order chi connectivity index (χ1) is 15.9. The van der Waals surface area contributed by atoms with E-state index in [0.717, 1.165) is 40.9 Å². The highest BCUT2D eigenvalue weighted by Crippen LogP contribution is 2.54. The van der Waals surface area contributed by atoms with Crippen LogP contribution in [0.3, 0.4) is 0 Å². The molecule has 0 aliphatic heterocycles. The zero-order valence-electron chi connectivity index (χ0n) is 18.9. The Morgan fingerprint density at radius 2 is 1.88 bits per heavy atom. The summed E-state index contributed by atoms with van der Waals surface area (Å²) < 4.78 is 1.55. The van der Waals surface area contributed by atoms with E-state index < -0.39 is 5.41 Å². The van der Waals surface area contributed by atoms with Crippen molar-refractivity contribution >= 4 is 5.78 Å². The van der Waals surface area contributed by atoms with Crippen LogP contribution in [0.5, 0.6) is 0 Å². The average Bonchev–Trinajstić information content (AvgIpc) is 2.83. The number of nitriles is 1. The summed E-state index contributed by atoms with van der Waals surface area (Å²) in [7, 11) is 1.73. The Labute approximate surface area is 192 Å². The van der Waals surface area contributed by atoms with Gasteiger partial charge < -0.3 is 4.57 Å². The first kappa shape index (κ1) is 21.0. The maximum atomic E-state index is 13.0. The van der Waals surface area contributed by atoms with Crippen molar-refractivity contribution in [1.29, 1.82) is 5.26 Å². The van der Waals surface area contributed by atoms with Crippen LogP contribution in [0.4, 0.5) is 0 Å². The van der Waals surface area contributed by atoms with E-state index in [1.807, 2.05) is 38.1 Å². The number of Topliss-reactive ketones (excluding diaryl/α,β-unsaturated/α-hetero) is 1. The highest BCUT2D eigenvalue weighted by atomic mass is 16.1. The molecule has 0 bridgehead atoms. The van der Waals surface area contributed by atoms with Crippen LogP contribution in [0.2, 0.25) is 0 Å². The second kappa shape index (κ2) is 7.63. The number of benzene rings is 1. The number of fused-ring (bicyclic) bond motifs is 3. The van der Waals surface area contributed by atoms with Gasteiger partial charge in [-0.25, -0.2) is 9.97 Å². The number of aryl methyl sites for hydroxylation is 2. The number of allylic oxidation sites excluding steroid dienone is 2. The summed E-state index contributed by atoms with van der Waals surface area (Å²) >= 11 is 0. The molecule has 0 amide bonds. The van der Waals surface area contributed by atoms with E-state index in [1.165, 1.54) is 0 Å². The van der Waals surface area contributed by atoms with Crippen LogP contribution < -0.4 is 5.56 Å². The molecule has 2 aromatic heterocycles. The Balaban J connectivity index is 1.88. The lowest BCUT2D eigenvalue weighted by Crippen LogP contribution is -2.48. The predicted molar refractivity (Wildman–Crippen MR) is 124 cm³/mol. The molecule has 0 saturated carbocycles. The molecule has 0 fully saturated rings. The summed E-state index contributed by atoms with van der Waals surface area (Å²) in [6.07, 6.45) is 5.15. The highest BCUT2D eigenvalue weighted by molar-refractivity contribution is 6.02. The molecule has 6 nitrogen and oxygen atoms in total. The Hall–Kier alpha value is -3.85. The number of hydrogen-bond acceptors (Lipinski definition) is 5. The summed E-state index contributed by atoms with van der Waals surface area (Å²) in [6, 6.07) is 15.5. The molecule has 164 valence electrons. The number of pyridine rings is 1. The minimum absolute atomic E-state index is 0.0146. The molecule has 2 aliphatic carbocycles. The van der Waals surface area contributed by atoms with Gasteiger partial charge in [0.1, 0.15) is 11.9 Å². The molecule has 0 saturated heterocycles. The Bertz CT molecular complexity index is 1410. The largest absolute Gasteiger partial charge is 0.318 e. The van der Waals surface area contributed by atoms with Crippen LogP contribution in [0.25, 0.3) is 11.3 Å². The van der Waals surface area contributed by atoms with Crippen molar-refractivity contribution in [3.8, 4) is 17.3 Å². The standard InChI is InChI=1S/C27H24N4O2/c1-16-22-11-10-21-24(18-9-12-23(32)31(3)15-18)29-17(2)30-26(21)27(22,13-19(14-28)25(16)33)20-7-5-4-6-8-20/h4-9,12-13,15-16,22H,10-11H2,1-3H3/t16-,22-,27+/m0/s1. The molecule has 0 spiro atoms. The van der Waals surface area contributed by atoms with Gasteiger partial charge in [0.15, 0.2) is 5.78 Å². The first-order valence-corrected chi connectivity index (χ1v) is 11.1. The number of carbonyl (C=O) groups is 1. The van der Waals surface area contributed by atoms with Crippen molar-refractivity contribution in [2.45, 2.75) is 32.1 Å². The van der Waals surface area contributed by atoms with Crippen LogP contribution in [-0.2, 0) is 23.7 Å². The van der Waals surface area contributed by atoms with E-state index in [9.17, 15) is 14.9 Å². The monoisotopic (exact) mass is 436 g/mol. The second-order valence-electron chi connectivity index (χ2n) is 9.02. The SMILES string of the molecule is Cc1nc(-c2ccc(=O)n(C)c2)c2c(n1)[C@@]1(c3ccccc3)C=C(C#N)C(=O)[C@@H](C)[C@@H]1CC2. The zero-order chi connectivity index (χ0) is 23.3. The number of carbonyl (C=O) groups excluding carboxylic acids is 1. The summed E-state index contributed by atoms with van der Waals surface area (Å²) in [5.41, 5.74) is 3.95. The maximum Gasteiger partial charge on any atom is 0.250 e. The van der Waals surface area contributed by atoms with E-state index in [1.54, 1.807) is 29.9 Å². The minimum atomic E-state index is -0.698. The Morgan fingerprint density at radius 1 is 1.12 bits per heavy atom. The fourth-order valence-corrected chi connectivity index (χ4v) is 5.63. The average molecular weight is 437 g/mol. The fourth-order valence-electron chi connectivity index (χ4n) is 5.63. The summed E-state index contributed by atoms with van der Waals surface area (Å²) in [5, 5.41) is 9.82. The molecule has 3 atom stereocenters. The van der Waals surface area contributed by atoms with Gasteiger partial charge in [-0.05, 0) is 43.4 Å².